The average Bonchev–Trinajstić information content (AvgIpc) is 2.62. The topological polar surface area (TPSA) is 26.0 Å². The second-order valence-electron chi connectivity index (χ2n) is 2.48. The maximum Gasteiger partial charge on any atom is 0.120 e. The van der Waals surface area contributed by atoms with Crippen molar-refractivity contribution in [3.05, 3.63) is 39.9 Å². The van der Waals surface area contributed by atoms with Crippen LogP contribution >= 0.6 is 31.9 Å². The summed E-state index contributed by atoms with van der Waals surface area (Å²) < 4.78 is 6.75. The van der Waals surface area contributed by atoms with E-state index < -0.39 is 0 Å². The van der Waals surface area contributed by atoms with E-state index in [2.05, 4.69) is 36.8 Å². The lowest BCUT2D eigenvalue weighted by molar-refractivity contribution is 0.568. The number of hydrogen-bond donors (Lipinski definition) is 0. The Labute approximate surface area is 92.2 Å². The summed E-state index contributed by atoms with van der Waals surface area (Å²) in [6.07, 6.45) is 5.10. The first kappa shape index (κ1) is 8.97. The number of rotatable bonds is 1. The summed E-state index contributed by atoms with van der Waals surface area (Å²) in [5.74, 6) is 0. The van der Waals surface area contributed by atoms with Crippen LogP contribution in [-0.2, 0) is 0 Å². The Bertz CT molecular complexity index is 412. The first-order valence-electron chi connectivity index (χ1n) is 3.61. The van der Waals surface area contributed by atoms with Gasteiger partial charge in [-0.05, 0) is 44.0 Å². The van der Waals surface area contributed by atoms with Crippen molar-refractivity contribution in [3.63, 3.8) is 0 Å². The average molecular weight is 303 g/mol. The van der Waals surface area contributed by atoms with Gasteiger partial charge in [-0.25, -0.2) is 4.98 Å². The lowest BCUT2D eigenvalue weighted by atomic mass is 10.1. The Morgan fingerprint density at radius 1 is 1.23 bits per heavy atom. The molecular weight excluding hydrogens is 298 g/mol. The van der Waals surface area contributed by atoms with Gasteiger partial charge in [0.15, 0.2) is 0 Å². The van der Waals surface area contributed by atoms with Crippen LogP contribution in [0.1, 0.15) is 0 Å². The van der Waals surface area contributed by atoms with Gasteiger partial charge < -0.3 is 4.42 Å². The molecule has 0 amide bonds. The Balaban J connectivity index is 2.59. The molecule has 0 N–H and O–H groups in total. The number of pyridine rings is 1. The lowest BCUT2D eigenvalue weighted by Crippen LogP contribution is -1.81. The number of furan rings is 1. The van der Waals surface area contributed by atoms with Crippen LogP contribution in [0.3, 0.4) is 0 Å². The van der Waals surface area contributed by atoms with E-state index in [4.69, 9.17) is 4.42 Å². The summed E-state index contributed by atoms with van der Waals surface area (Å²) in [5.41, 5.74) is 2.10. The molecule has 0 bridgehead atoms. The molecule has 0 aromatic carbocycles. The van der Waals surface area contributed by atoms with Gasteiger partial charge in [-0.15, -0.1) is 0 Å². The van der Waals surface area contributed by atoms with E-state index in [1.807, 2.05) is 12.1 Å². The molecule has 2 heterocycles. The minimum absolute atomic E-state index is 0.797. The van der Waals surface area contributed by atoms with Gasteiger partial charge in [-0.1, -0.05) is 0 Å². The highest BCUT2D eigenvalue weighted by Gasteiger charge is 2.07. The van der Waals surface area contributed by atoms with E-state index in [1.165, 1.54) is 0 Å². The first-order chi connectivity index (χ1) is 6.29. The van der Waals surface area contributed by atoms with Crippen molar-refractivity contribution in [1.82, 2.24) is 4.98 Å². The van der Waals surface area contributed by atoms with E-state index >= 15 is 0 Å². The molecule has 0 radical (unpaired) electrons. The summed E-state index contributed by atoms with van der Waals surface area (Å²) >= 11 is 6.79. The zero-order valence-electron chi connectivity index (χ0n) is 6.50. The molecule has 66 valence electrons. The van der Waals surface area contributed by atoms with Crippen LogP contribution in [0.2, 0.25) is 0 Å². The highest BCUT2D eigenvalue weighted by atomic mass is 79.9. The molecule has 0 aliphatic carbocycles. The molecule has 2 nitrogen and oxygen atoms in total. The zero-order chi connectivity index (χ0) is 9.26. The fraction of sp³-hybridized carbons (Fsp3) is 0. The summed E-state index contributed by atoms with van der Waals surface area (Å²) in [5, 5.41) is 0. The zero-order valence-corrected chi connectivity index (χ0v) is 9.67. The van der Waals surface area contributed by atoms with Crippen LogP contribution in [0.5, 0.6) is 0 Å². The van der Waals surface area contributed by atoms with Crippen LogP contribution in [0.25, 0.3) is 11.1 Å². The van der Waals surface area contributed by atoms with Gasteiger partial charge in [0.05, 0.1) is 17.0 Å². The van der Waals surface area contributed by atoms with Crippen LogP contribution in [0.4, 0.5) is 0 Å². The fourth-order valence-corrected chi connectivity index (χ4v) is 1.85. The number of hydrogen-bond acceptors (Lipinski definition) is 2. The smallest absolute Gasteiger partial charge is 0.120 e. The molecule has 13 heavy (non-hydrogen) atoms. The molecule has 0 saturated carbocycles. The standard InChI is InChI=1S/C9H5Br2NO/c10-8-7(1-3-12-9(8)11)6-2-4-13-5-6/h1-5H. The molecule has 4 heteroatoms. The van der Waals surface area contributed by atoms with Crippen LogP contribution < -0.4 is 0 Å². The third kappa shape index (κ3) is 1.69. The van der Waals surface area contributed by atoms with Gasteiger partial charge in [-0.2, -0.15) is 0 Å². The van der Waals surface area contributed by atoms with Crippen molar-refractivity contribution >= 4 is 31.9 Å². The summed E-state index contributed by atoms with van der Waals surface area (Å²) in [6.45, 7) is 0. The third-order valence-corrected chi connectivity index (χ3v) is 3.61. The van der Waals surface area contributed by atoms with Crippen molar-refractivity contribution in [2.75, 3.05) is 0 Å². The fourth-order valence-electron chi connectivity index (χ4n) is 1.06. The molecule has 0 aliphatic rings. The summed E-state index contributed by atoms with van der Waals surface area (Å²) in [4.78, 5) is 4.09. The summed E-state index contributed by atoms with van der Waals surface area (Å²) in [7, 11) is 0. The molecule has 2 aromatic rings. The molecule has 2 aromatic heterocycles. The van der Waals surface area contributed by atoms with Crippen molar-refractivity contribution in [2.24, 2.45) is 0 Å². The number of aromatic nitrogens is 1. The van der Waals surface area contributed by atoms with E-state index in [9.17, 15) is 0 Å². The van der Waals surface area contributed by atoms with Gasteiger partial charge in [0.25, 0.3) is 0 Å². The van der Waals surface area contributed by atoms with E-state index in [0.717, 1.165) is 20.2 Å². The van der Waals surface area contributed by atoms with Crippen LogP contribution in [-0.4, -0.2) is 4.98 Å². The second kappa shape index (κ2) is 3.64. The minimum Gasteiger partial charge on any atom is -0.472 e. The molecule has 2 rings (SSSR count). The predicted octanol–water partition coefficient (Wildman–Crippen LogP) is 3.87. The van der Waals surface area contributed by atoms with Gasteiger partial charge in [0, 0.05) is 17.3 Å². The van der Waals surface area contributed by atoms with Crippen molar-refractivity contribution < 1.29 is 4.42 Å². The highest BCUT2D eigenvalue weighted by molar-refractivity contribution is 9.13. The van der Waals surface area contributed by atoms with Crippen LogP contribution in [0.15, 0.2) is 44.3 Å². The second-order valence-corrected chi connectivity index (χ2v) is 4.02. The number of halogens is 2. The number of nitrogens with zero attached hydrogens (tertiary/aromatic N) is 1. The van der Waals surface area contributed by atoms with Gasteiger partial charge in [0.2, 0.25) is 0 Å². The Kier molecular flexibility index (Phi) is 2.51. The normalized spacial score (nSPS) is 10.3. The van der Waals surface area contributed by atoms with Crippen molar-refractivity contribution in [3.8, 4) is 11.1 Å². The minimum atomic E-state index is 0.797. The molecule has 0 spiro atoms. The van der Waals surface area contributed by atoms with Crippen molar-refractivity contribution in [2.45, 2.75) is 0 Å². The quantitative estimate of drug-likeness (QED) is 0.748. The lowest BCUT2D eigenvalue weighted by Gasteiger charge is -2.01. The Morgan fingerprint density at radius 2 is 2.08 bits per heavy atom. The highest BCUT2D eigenvalue weighted by Crippen LogP contribution is 2.32. The first-order valence-corrected chi connectivity index (χ1v) is 5.20. The van der Waals surface area contributed by atoms with E-state index in [1.54, 1.807) is 18.7 Å². The molecule has 0 fully saturated rings. The molecule has 0 unspecified atom stereocenters. The largest absolute Gasteiger partial charge is 0.472 e. The Morgan fingerprint density at radius 3 is 2.77 bits per heavy atom. The molecular formula is C9H5Br2NO. The van der Waals surface area contributed by atoms with E-state index in [0.29, 0.717) is 0 Å². The SMILES string of the molecule is Brc1nccc(-c2ccoc2)c1Br. The van der Waals surface area contributed by atoms with Crippen molar-refractivity contribution in [1.29, 1.82) is 0 Å². The predicted molar refractivity (Wildman–Crippen MR) is 57.3 cm³/mol. The third-order valence-electron chi connectivity index (χ3n) is 1.68. The molecule has 0 aliphatic heterocycles. The van der Waals surface area contributed by atoms with Crippen LogP contribution in [0, 0.1) is 0 Å². The van der Waals surface area contributed by atoms with Gasteiger partial charge in [0.1, 0.15) is 4.60 Å². The maximum absolute atomic E-state index is 5.01. The monoisotopic (exact) mass is 301 g/mol. The maximum atomic E-state index is 5.01. The molecule has 0 atom stereocenters. The molecule has 0 saturated heterocycles. The van der Waals surface area contributed by atoms with E-state index in [-0.39, 0.29) is 0 Å². The Hall–Kier alpha value is -0.610. The van der Waals surface area contributed by atoms with Gasteiger partial charge in [-0.3, -0.25) is 0 Å². The van der Waals surface area contributed by atoms with Gasteiger partial charge >= 0.3 is 0 Å². The summed E-state index contributed by atoms with van der Waals surface area (Å²) in [6, 6.07) is 3.84.